The molecule has 0 unspecified atom stereocenters. The van der Waals surface area contributed by atoms with Crippen LogP contribution in [0.1, 0.15) is 33.4 Å². The molecular formula is C36H24ClF6N2O2+. The van der Waals surface area contributed by atoms with Crippen molar-refractivity contribution in [1.29, 1.82) is 0 Å². The summed E-state index contributed by atoms with van der Waals surface area (Å²) in [6, 6.07) is 24.5. The van der Waals surface area contributed by atoms with Gasteiger partial charge in [0.1, 0.15) is 18.8 Å². The van der Waals surface area contributed by atoms with Crippen molar-refractivity contribution in [2.45, 2.75) is 25.4 Å². The maximum Gasteiger partial charge on any atom is 0.416 e. The highest BCUT2D eigenvalue weighted by molar-refractivity contribution is 6.30. The number of fused-ring (bicyclic) bond motifs is 1. The number of nitrogens with zero attached hydrogens (tertiary/aromatic N) is 2. The molecule has 1 aliphatic rings. The van der Waals surface area contributed by atoms with Gasteiger partial charge in [-0.2, -0.15) is 26.3 Å². The van der Waals surface area contributed by atoms with E-state index in [1.165, 1.54) is 36.7 Å². The minimum atomic E-state index is -4.68. The summed E-state index contributed by atoms with van der Waals surface area (Å²) in [5.41, 5.74) is 1.21. The van der Waals surface area contributed by atoms with Crippen LogP contribution in [-0.2, 0) is 30.2 Å². The summed E-state index contributed by atoms with van der Waals surface area (Å²) in [6.07, 6.45) is -6.36. The number of quaternary nitrogens is 1. The lowest BCUT2D eigenvalue weighted by molar-refractivity contribution is -0.138. The molecule has 47 heavy (non-hydrogen) atoms. The molecule has 0 saturated heterocycles. The number of aromatic nitrogens is 1. The van der Waals surface area contributed by atoms with E-state index >= 15 is 0 Å². The highest BCUT2D eigenvalue weighted by Gasteiger charge is 2.51. The van der Waals surface area contributed by atoms with Crippen LogP contribution >= 0.6 is 11.6 Å². The maximum absolute atomic E-state index is 13.8. The molecule has 4 nitrogen and oxygen atoms in total. The SMILES string of the molecule is O=C(O)C1=C(c2cccnc2)c2cc(-c3ccc(Cl)cc3)ccc2[N+]1(Cc1cccc(C(F)(F)F)c1)Cc1cccc(C(F)(F)F)c1. The Balaban J connectivity index is 1.66. The van der Waals surface area contributed by atoms with Crippen molar-refractivity contribution in [2.24, 2.45) is 0 Å². The Kier molecular flexibility index (Phi) is 8.19. The van der Waals surface area contributed by atoms with E-state index in [1.54, 1.807) is 54.6 Å². The smallest absolute Gasteiger partial charge is 0.416 e. The van der Waals surface area contributed by atoms with Gasteiger partial charge in [-0.15, -0.1) is 0 Å². The van der Waals surface area contributed by atoms with Gasteiger partial charge in [-0.1, -0.05) is 54.1 Å². The van der Waals surface area contributed by atoms with Gasteiger partial charge in [0.15, 0.2) is 0 Å². The van der Waals surface area contributed by atoms with Crippen molar-refractivity contribution < 1.29 is 36.2 Å². The third-order valence-electron chi connectivity index (χ3n) is 8.14. The molecule has 0 bridgehead atoms. The van der Waals surface area contributed by atoms with Crippen LogP contribution in [0.15, 0.2) is 121 Å². The van der Waals surface area contributed by atoms with Gasteiger partial charge < -0.3 is 5.11 Å². The first-order chi connectivity index (χ1) is 22.3. The predicted octanol–water partition coefficient (Wildman–Crippen LogP) is 10.0. The minimum Gasteiger partial charge on any atom is -0.474 e. The number of carbonyl (C=O) groups is 1. The fourth-order valence-electron chi connectivity index (χ4n) is 6.19. The molecule has 0 fully saturated rings. The average Bonchev–Trinajstić information content (AvgIpc) is 3.30. The molecule has 0 radical (unpaired) electrons. The second-order valence-electron chi connectivity index (χ2n) is 11.2. The van der Waals surface area contributed by atoms with Crippen molar-refractivity contribution in [2.75, 3.05) is 0 Å². The van der Waals surface area contributed by atoms with Crippen LogP contribution in [0.4, 0.5) is 32.0 Å². The second-order valence-corrected chi connectivity index (χ2v) is 11.6. The highest BCUT2D eigenvalue weighted by Crippen LogP contribution is 2.51. The number of carboxylic acid groups (broad SMARTS) is 1. The molecule has 0 amide bonds. The van der Waals surface area contributed by atoms with E-state index in [4.69, 9.17) is 11.6 Å². The van der Waals surface area contributed by atoms with E-state index in [0.717, 1.165) is 29.8 Å². The highest BCUT2D eigenvalue weighted by atomic mass is 35.5. The number of benzene rings is 4. The number of carboxylic acids is 1. The Morgan fingerprint density at radius 2 is 1.28 bits per heavy atom. The molecular weight excluding hydrogens is 642 g/mol. The summed E-state index contributed by atoms with van der Waals surface area (Å²) < 4.78 is 82.2. The number of pyridine rings is 1. The molecule has 238 valence electrons. The zero-order valence-electron chi connectivity index (χ0n) is 24.3. The first kappa shape index (κ1) is 32.0. The van der Waals surface area contributed by atoms with Crippen LogP contribution in [0.2, 0.25) is 5.02 Å². The summed E-state index contributed by atoms with van der Waals surface area (Å²) in [5.74, 6) is -1.38. The monoisotopic (exact) mass is 665 g/mol. The number of rotatable bonds is 7. The summed E-state index contributed by atoms with van der Waals surface area (Å²) in [6.45, 7) is -0.613. The fourth-order valence-corrected chi connectivity index (χ4v) is 6.31. The van der Waals surface area contributed by atoms with Crippen molar-refractivity contribution in [3.05, 3.63) is 160 Å². The van der Waals surface area contributed by atoms with E-state index in [-0.39, 0.29) is 35.5 Å². The van der Waals surface area contributed by atoms with Gasteiger partial charge in [-0.05, 0) is 65.7 Å². The van der Waals surface area contributed by atoms with Crippen LogP contribution in [0, 0.1) is 0 Å². The van der Waals surface area contributed by atoms with E-state index in [2.05, 4.69) is 4.98 Å². The van der Waals surface area contributed by atoms with Gasteiger partial charge in [0.05, 0.1) is 22.3 Å². The van der Waals surface area contributed by atoms with Gasteiger partial charge in [0, 0.05) is 40.2 Å². The molecule has 4 aromatic carbocycles. The molecule has 0 aliphatic carbocycles. The molecule has 11 heteroatoms. The number of hydrogen-bond donors (Lipinski definition) is 1. The summed E-state index contributed by atoms with van der Waals surface area (Å²) >= 11 is 6.10. The lowest BCUT2D eigenvalue weighted by Gasteiger charge is -2.36. The second kappa shape index (κ2) is 12.0. The molecule has 1 aromatic heterocycles. The molecule has 1 N–H and O–H groups in total. The number of alkyl halides is 6. The third kappa shape index (κ3) is 6.26. The first-order valence-corrected chi connectivity index (χ1v) is 14.6. The Hall–Kier alpha value is -4.93. The third-order valence-corrected chi connectivity index (χ3v) is 8.39. The maximum atomic E-state index is 13.8. The number of aliphatic carboxylic acids is 1. The summed E-state index contributed by atoms with van der Waals surface area (Å²) in [4.78, 5) is 17.6. The predicted molar refractivity (Wildman–Crippen MR) is 167 cm³/mol. The molecule has 0 atom stereocenters. The Morgan fingerprint density at radius 1 is 0.702 bits per heavy atom. The van der Waals surface area contributed by atoms with Crippen molar-refractivity contribution >= 4 is 28.8 Å². The van der Waals surface area contributed by atoms with Crippen LogP contribution in [-0.4, -0.2) is 16.1 Å². The van der Waals surface area contributed by atoms with Gasteiger partial charge in [0.2, 0.25) is 5.70 Å². The lowest BCUT2D eigenvalue weighted by atomic mass is 9.95. The van der Waals surface area contributed by atoms with Crippen LogP contribution in [0.25, 0.3) is 16.7 Å². The number of hydrogen-bond acceptors (Lipinski definition) is 2. The van der Waals surface area contributed by atoms with Crippen LogP contribution < -0.4 is 4.48 Å². The Morgan fingerprint density at radius 3 is 1.79 bits per heavy atom. The Labute approximate surface area is 270 Å². The van der Waals surface area contributed by atoms with Crippen molar-refractivity contribution in [1.82, 2.24) is 9.47 Å². The molecule has 1 aliphatic heterocycles. The molecule has 6 rings (SSSR count). The molecule has 5 aromatic rings. The van der Waals surface area contributed by atoms with Gasteiger partial charge in [-0.25, -0.2) is 9.28 Å². The first-order valence-electron chi connectivity index (χ1n) is 14.2. The average molecular weight is 666 g/mol. The van der Waals surface area contributed by atoms with Gasteiger partial charge in [-0.3, -0.25) is 4.98 Å². The van der Waals surface area contributed by atoms with E-state index in [1.807, 2.05) is 0 Å². The van der Waals surface area contributed by atoms with Crippen LogP contribution in [0.3, 0.4) is 0 Å². The minimum absolute atomic E-state index is 0.144. The fraction of sp³-hybridized carbons (Fsp3) is 0.111. The van der Waals surface area contributed by atoms with Crippen molar-refractivity contribution in [3.8, 4) is 11.1 Å². The molecule has 0 saturated carbocycles. The normalized spacial score (nSPS) is 14.3. The quantitative estimate of drug-likeness (QED) is 0.139. The number of halogens is 7. The van der Waals surface area contributed by atoms with Crippen LogP contribution in [0.5, 0.6) is 0 Å². The van der Waals surface area contributed by atoms with Crippen molar-refractivity contribution in [3.63, 3.8) is 0 Å². The standard InChI is InChI=1S/C36H23ClF6N2O2/c37-29-12-9-24(10-13-29)25-11-14-31-30(18-25)32(26-6-3-15-44-19-26)33(34(46)47)45(31,20-22-4-1-7-27(16-22)35(38,39)40)21-23-5-2-8-28(17-23)36(41,42)43/h1-19H,20-21H2/p+1. The topological polar surface area (TPSA) is 50.2 Å². The summed E-state index contributed by atoms with van der Waals surface area (Å²) in [7, 11) is 0. The van der Waals surface area contributed by atoms with Gasteiger partial charge in [0.25, 0.3) is 0 Å². The van der Waals surface area contributed by atoms with E-state index in [9.17, 15) is 36.2 Å². The lowest BCUT2D eigenvalue weighted by Crippen LogP contribution is -2.47. The molecule has 2 heterocycles. The largest absolute Gasteiger partial charge is 0.474 e. The molecule has 0 spiro atoms. The summed E-state index contributed by atoms with van der Waals surface area (Å²) in [5, 5.41) is 11.4. The van der Waals surface area contributed by atoms with Gasteiger partial charge >= 0.3 is 18.3 Å². The van der Waals surface area contributed by atoms with E-state index < -0.39 is 33.9 Å². The zero-order chi connectivity index (χ0) is 33.6. The Bertz CT molecular complexity index is 1950. The van der Waals surface area contributed by atoms with E-state index in [0.29, 0.717) is 27.4 Å². The zero-order valence-corrected chi connectivity index (χ0v) is 25.0.